The van der Waals surface area contributed by atoms with Crippen LogP contribution in [0, 0.1) is 5.92 Å². The average Bonchev–Trinajstić information content (AvgIpc) is 2.40. The third-order valence-electron chi connectivity index (χ3n) is 3.59. The highest BCUT2D eigenvalue weighted by Gasteiger charge is 2.19. The number of halogens is 1. The molecule has 1 fully saturated rings. The van der Waals surface area contributed by atoms with Gasteiger partial charge in [0.05, 0.1) is 5.02 Å². The van der Waals surface area contributed by atoms with Crippen molar-refractivity contribution in [1.29, 1.82) is 0 Å². The van der Waals surface area contributed by atoms with E-state index in [1.54, 1.807) is 0 Å². The Kier molecular flexibility index (Phi) is 5.19. The maximum absolute atomic E-state index is 12.1. The van der Waals surface area contributed by atoms with E-state index in [2.05, 4.69) is 9.71 Å². The number of nitrogens with one attached hydrogen (secondary N) is 1. The van der Waals surface area contributed by atoms with Crippen LogP contribution in [0.5, 0.6) is 0 Å². The van der Waals surface area contributed by atoms with Gasteiger partial charge < -0.3 is 0 Å². The van der Waals surface area contributed by atoms with Crippen LogP contribution in [0.15, 0.2) is 23.4 Å². The minimum absolute atomic E-state index is 0.0558. The van der Waals surface area contributed by atoms with Gasteiger partial charge in [-0.25, -0.2) is 13.1 Å². The average molecular weight is 303 g/mol. The lowest BCUT2D eigenvalue weighted by Crippen LogP contribution is -2.27. The van der Waals surface area contributed by atoms with Crippen LogP contribution in [0.4, 0.5) is 0 Å². The van der Waals surface area contributed by atoms with Gasteiger partial charge in [0.15, 0.2) is 0 Å². The second kappa shape index (κ2) is 6.68. The minimum Gasteiger partial charge on any atom is -0.263 e. The van der Waals surface area contributed by atoms with Gasteiger partial charge in [-0.3, -0.25) is 4.98 Å². The number of pyridine rings is 1. The lowest BCUT2D eigenvalue weighted by atomic mass is 9.87. The van der Waals surface area contributed by atoms with Crippen molar-refractivity contribution in [1.82, 2.24) is 9.71 Å². The largest absolute Gasteiger partial charge is 0.263 e. The van der Waals surface area contributed by atoms with E-state index >= 15 is 0 Å². The van der Waals surface area contributed by atoms with Crippen molar-refractivity contribution < 1.29 is 8.42 Å². The van der Waals surface area contributed by atoms with Crippen LogP contribution < -0.4 is 4.72 Å². The van der Waals surface area contributed by atoms with Crippen LogP contribution in [0.1, 0.15) is 38.5 Å². The van der Waals surface area contributed by atoms with Crippen molar-refractivity contribution in [2.75, 3.05) is 6.54 Å². The SMILES string of the molecule is O=S(=O)(NCCC1CCCCC1)c1cnccc1Cl. The van der Waals surface area contributed by atoms with E-state index in [-0.39, 0.29) is 9.92 Å². The predicted octanol–water partition coefficient (Wildman–Crippen LogP) is 2.98. The third-order valence-corrected chi connectivity index (χ3v) is 5.52. The predicted molar refractivity (Wildman–Crippen MR) is 75.6 cm³/mol. The summed E-state index contributed by atoms with van der Waals surface area (Å²) in [6.07, 6.45) is 9.95. The maximum Gasteiger partial charge on any atom is 0.243 e. The van der Waals surface area contributed by atoms with Crippen molar-refractivity contribution in [3.05, 3.63) is 23.5 Å². The molecule has 1 heterocycles. The molecular formula is C13H19ClN2O2S. The van der Waals surface area contributed by atoms with E-state index in [0.717, 1.165) is 6.42 Å². The van der Waals surface area contributed by atoms with Crippen LogP contribution in [0.3, 0.4) is 0 Å². The molecule has 0 radical (unpaired) electrons. The molecule has 6 heteroatoms. The molecule has 1 aromatic rings. The second-order valence-corrected chi connectivity index (χ2v) is 7.14. The van der Waals surface area contributed by atoms with Crippen LogP contribution in [0.2, 0.25) is 5.02 Å². The minimum atomic E-state index is -3.54. The molecule has 0 bridgehead atoms. The Balaban J connectivity index is 1.89. The molecule has 0 aromatic carbocycles. The molecule has 106 valence electrons. The summed E-state index contributed by atoms with van der Waals surface area (Å²) in [5, 5.41) is 0.208. The number of sulfonamides is 1. The van der Waals surface area contributed by atoms with Crippen LogP contribution in [0.25, 0.3) is 0 Å². The first kappa shape index (κ1) is 14.8. The van der Waals surface area contributed by atoms with Crippen LogP contribution in [-0.2, 0) is 10.0 Å². The van der Waals surface area contributed by atoms with E-state index in [0.29, 0.717) is 12.5 Å². The Morgan fingerprint density at radius 2 is 2.05 bits per heavy atom. The van der Waals surface area contributed by atoms with Crippen molar-refractivity contribution in [2.45, 2.75) is 43.4 Å². The Morgan fingerprint density at radius 1 is 1.32 bits per heavy atom. The molecule has 0 aliphatic heterocycles. The summed E-state index contributed by atoms with van der Waals surface area (Å²) in [6, 6.07) is 1.48. The van der Waals surface area contributed by atoms with Gasteiger partial charge in [-0.2, -0.15) is 0 Å². The van der Waals surface area contributed by atoms with Gasteiger partial charge in [-0.1, -0.05) is 43.7 Å². The molecule has 1 N–H and O–H groups in total. The number of rotatable bonds is 5. The molecule has 0 unspecified atom stereocenters. The first-order valence-corrected chi connectivity index (χ1v) is 8.55. The zero-order valence-corrected chi connectivity index (χ0v) is 12.4. The van der Waals surface area contributed by atoms with Gasteiger partial charge in [0, 0.05) is 18.9 Å². The third kappa shape index (κ3) is 4.16. The Hall–Kier alpha value is -0.650. The van der Waals surface area contributed by atoms with Crippen LogP contribution >= 0.6 is 11.6 Å². The van der Waals surface area contributed by atoms with Crippen LogP contribution in [-0.4, -0.2) is 19.9 Å². The Morgan fingerprint density at radius 3 is 2.74 bits per heavy atom. The lowest BCUT2D eigenvalue weighted by Gasteiger charge is -2.21. The summed E-state index contributed by atoms with van der Waals surface area (Å²) in [5.41, 5.74) is 0. The van der Waals surface area contributed by atoms with Gasteiger partial charge in [0.25, 0.3) is 0 Å². The first-order valence-electron chi connectivity index (χ1n) is 6.69. The maximum atomic E-state index is 12.1. The summed E-state index contributed by atoms with van der Waals surface area (Å²) >= 11 is 5.88. The highest BCUT2D eigenvalue weighted by molar-refractivity contribution is 7.89. The molecule has 0 spiro atoms. The summed E-state index contributed by atoms with van der Waals surface area (Å²) in [5.74, 6) is 0.654. The molecule has 2 rings (SSSR count). The molecule has 1 saturated carbocycles. The van der Waals surface area contributed by atoms with Gasteiger partial charge in [-0.15, -0.1) is 0 Å². The van der Waals surface area contributed by atoms with Gasteiger partial charge in [0.2, 0.25) is 10.0 Å². The zero-order valence-electron chi connectivity index (χ0n) is 10.8. The Labute approximate surface area is 119 Å². The molecular weight excluding hydrogens is 284 g/mol. The van der Waals surface area contributed by atoms with E-state index in [1.807, 2.05) is 0 Å². The molecule has 0 saturated heterocycles. The number of hydrogen-bond acceptors (Lipinski definition) is 3. The fourth-order valence-electron chi connectivity index (χ4n) is 2.51. The topological polar surface area (TPSA) is 59.1 Å². The van der Waals surface area contributed by atoms with Crippen molar-refractivity contribution >= 4 is 21.6 Å². The monoisotopic (exact) mass is 302 g/mol. The highest BCUT2D eigenvalue weighted by Crippen LogP contribution is 2.26. The van der Waals surface area contributed by atoms with Crippen molar-refractivity contribution in [3.8, 4) is 0 Å². The fraction of sp³-hybridized carbons (Fsp3) is 0.615. The molecule has 4 nitrogen and oxygen atoms in total. The molecule has 1 aromatic heterocycles. The van der Waals surface area contributed by atoms with E-state index in [1.165, 1.54) is 50.6 Å². The Bertz CT molecular complexity index is 513. The van der Waals surface area contributed by atoms with Gasteiger partial charge in [-0.05, 0) is 18.4 Å². The number of nitrogens with zero attached hydrogens (tertiary/aromatic N) is 1. The van der Waals surface area contributed by atoms with Gasteiger partial charge in [0.1, 0.15) is 4.90 Å². The normalized spacial score (nSPS) is 17.5. The molecule has 19 heavy (non-hydrogen) atoms. The number of aromatic nitrogens is 1. The standard InChI is InChI=1S/C13H19ClN2O2S/c14-12-7-8-15-10-13(12)19(17,18)16-9-6-11-4-2-1-3-5-11/h7-8,10-11,16H,1-6,9H2. The molecule has 1 aliphatic rings. The number of hydrogen-bond donors (Lipinski definition) is 1. The summed E-state index contributed by atoms with van der Waals surface area (Å²) in [6.45, 7) is 0.470. The second-order valence-electron chi connectivity index (χ2n) is 5.00. The fourth-order valence-corrected chi connectivity index (χ4v) is 3.99. The smallest absolute Gasteiger partial charge is 0.243 e. The van der Waals surface area contributed by atoms with Crippen molar-refractivity contribution in [3.63, 3.8) is 0 Å². The van der Waals surface area contributed by atoms with E-state index in [4.69, 9.17) is 11.6 Å². The first-order chi connectivity index (χ1) is 9.09. The lowest BCUT2D eigenvalue weighted by molar-refractivity contribution is 0.339. The molecule has 0 amide bonds. The van der Waals surface area contributed by atoms with Crippen molar-refractivity contribution in [2.24, 2.45) is 5.92 Å². The van der Waals surface area contributed by atoms with Gasteiger partial charge >= 0.3 is 0 Å². The molecule has 0 atom stereocenters. The zero-order chi connectivity index (χ0) is 13.7. The molecule has 1 aliphatic carbocycles. The highest BCUT2D eigenvalue weighted by atomic mass is 35.5. The summed E-state index contributed by atoms with van der Waals surface area (Å²) in [4.78, 5) is 3.86. The van der Waals surface area contributed by atoms with E-state index in [9.17, 15) is 8.42 Å². The van der Waals surface area contributed by atoms with E-state index < -0.39 is 10.0 Å². The summed E-state index contributed by atoms with van der Waals surface area (Å²) in [7, 11) is -3.54. The summed E-state index contributed by atoms with van der Waals surface area (Å²) < 4.78 is 26.7. The quantitative estimate of drug-likeness (QED) is 0.909.